The lowest BCUT2D eigenvalue weighted by molar-refractivity contribution is 0.370. The zero-order chi connectivity index (χ0) is 16.4. The number of hydrogen-bond acceptors (Lipinski definition) is 0. The molecule has 0 heteroatoms. The van der Waals surface area contributed by atoms with Crippen LogP contribution in [0.3, 0.4) is 0 Å². The van der Waals surface area contributed by atoms with Gasteiger partial charge in [0, 0.05) is 0 Å². The van der Waals surface area contributed by atoms with E-state index in [1.54, 1.807) is 11.1 Å². The van der Waals surface area contributed by atoms with Crippen molar-refractivity contribution in [2.45, 2.75) is 60.8 Å². The molecule has 120 valence electrons. The number of aryl methyl sites for hydroxylation is 1. The van der Waals surface area contributed by atoms with Crippen molar-refractivity contribution >= 4 is 0 Å². The molecule has 2 rings (SSSR count). The Kier molecular flexibility index (Phi) is 5.00. The average molecular weight is 296 g/mol. The third-order valence-electron chi connectivity index (χ3n) is 4.82. The van der Waals surface area contributed by atoms with Gasteiger partial charge in [0.1, 0.15) is 0 Å². The highest BCUT2D eigenvalue weighted by Gasteiger charge is 2.30. The minimum atomic E-state index is 0.265. The number of rotatable bonds is 3. The second-order valence-electron chi connectivity index (χ2n) is 8.74. The van der Waals surface area contributed by atoms with Crippen LogP contribution in [-0.2, 0) is 6.42 Å². The summed E-state index contributed by atoms with van der Waals surface area (Å²) in [7, 11) is 0. The van der Waals surface area contributed by atoms with Crippen LogP contribution in [0, 0.1) is 16.7 Å². The maximum absolute atomic E-state index is 2.42. The van der Waals surface area contributed by atoms with Gasteiger partial charge in [0.25, 0.3) is 0 Å². The molecular formula is C22H32. The second-order valence-corrected chi connectivity index (χ2v) is 8.74. The first kappa shape index (κ1) is 17.1. The number of allylic oxidation sites excluding steroid dienone is 4. The summed E-state index contributed by atoms with van der Waals surface area (Å²) in [4.78, 5) is 0. The highest BCUT2D eigenvalue weighted by Crippen LogP contribution is 2.43. The zero-order valence-electron chi connectivity index (χ0n) is 15.2. The van der Waals surface area contributed by atoms with Crippen molar-refractivity contribution in [3.8, 4) is 0 Å². The topological polar surface area (TPSA) is 0 Å². The monoisotopic (exact) mass is 296 g/mol. The molecule has 0 aliphatic heterocycles. The summed E-state index contributed by atoms with van der Waals surface area (Å²) in [5.74, 6) is 0.680. The molecule has 1 aromatic carbocycles. The van der Waals surface area contributed by atoms with Gasteiger partial charge in [-0.3, -0.25) is 0 Å². The van der Waals surface area contributed by atoms with Crippen molar-refractivity contribution in [3.05, 3.63) is 59.2 Å². The lowest BCUT2D eigenvalue weighted by Crippen LogP contribution is -2.24. The van der Waals surface area contributed by atoms with Crippen LogP contribution in [0.1, 0.15) is 59.9 Å². The van der Waals surface area contributed by atoms with Gasteiger partial charge in [-0.15, -0.1) is 0 Å². The molecule has 0 N–H and O–H groups in total. The van der Waals surface area contributed by atoms with Crippen molar-refractivity contribution in [2.75, 3.05) is 0 Å². The largest absolute Gasteiger partial charge is 0.0642 e. The summed E-state index contributed by atoms with van der Waals surface area (Å²) in [6.45, 7) is 14.1. The Bertz CT molecular complexity index is 544. The first-order valence-electron chi connectivity index (χ1n) is 8.63. The predicted octanol–water partition coefficient (Wildman–Crippen LogP) is 6.58. The molecule has 0 saturated carbocycles. The van der Waals surface area contributed by atoms with Gasteiger partial charge < -0.3 is 0 Å². The van der Waals surface area contributed by atoms with Crippen molar-refractivity contribution in [1.29, 1.82) is 0 Å². The van der Waals surface area contributed by atoms with Crippen LogP contribution in [0.5, 0.6) is 0 Å². The molecule has 0 amide bonds. The van der Waals surface area contributed by atoms with E-state index in [9.17, 15) is 0 Å². The Hall–Kier alpha value is -1.30. The fourth-order valence-corrected chi connectivity index (χ4v) is 3.43. The summed E-state index contributed by atoms with van der Waals surface area (Å²) in [5, 5.41) is 0. The molecule has 0 heterocycles. The Labute approximate surface area is 137 Å². The zero-order valence-corrected chi connectivity index (χ0v) is 15.2. The summed E-state index contributed by atoms with van der Waals surface area (Å²) in [6.07, 6.45) is 8.45. The van der Waals surface area contributed by atoms with E-state index in [0.717, 1.165) is 0 Å². The fraction of sp³-hybridized carbons (Fsp3) is 0.545. The lowest BCUT2D eigenvalue weighted by Gasteiger charge is -2.37. The van der Waals surface area contributed by atoms with E-state index in [1.807, 2.05) is 0 Å². The maximum atomic E-state index is 2.42. The normalized spacial score (nSPS) is 19.6. The van der Waals surface area contributed by atoms with Crippen molar-refractivity contribution < 1.29 is 0 Å². The van der Waals surface area contributed by atoms with E-state index in [4.69, 9.17) is 0 Å². The molecule has 1 aliphatic carbocycles. The third-order valence-corrected chi connectivity index (χ3v) is 4.82. The standard InChI is InChI=1S/C22H32/c1-21(2,3)19-14-15-20(22(4,5)6)18(16-19)13-12-17-10-8-7-9-11-17/h7-11,14-15,18H,12-13,16H2,1-6H3. The molecule has 0 radical (unpaired) electrons. The first-order chi connectivity index (χ1) is 10.2. The molecular weight excluding hydrogens is 264 g/mol. The van der Waals surface area contributed by atoms with Gasteiger partial charge in [0.05, 0.1) is 0 Å². The SMILES string of the molecule is CC(C)(C)C1=CC=C(C(C)(C)C)C(CCc2ccccc2)C1. The Balaban J connectivity index is 2.17. The van der Waals surface area contributed by atoms with E-state index in [-0.39, 0.29) is 10.8 Å². The Morgan fingerprint density at radius 3 is 2.05 bits per heavy atom. The van der Waals surface area contributed by atoms with Crippen LogP contribution in [0.25, 0.3) is 0 Å². The molecule has 0 nitrogen and oxygen atoms in total. The van der Waals surface area contributed by atoms with Gasteiger partial charge in [0.15, 0.2) is 0 Å². The molecule has 1 aliphatic rings. The molecule has 0 bridgehead atoms. The highest BCUT2D eigenvalue weighted by atomic mass is 14.4. The summed E-state index contributed by atoms with van der Waals surface area (Å²) in [6, 6.07) is 10.9. The molecule has 0 aromatic heterocycles. The quantitative estimate of drug-likeness (QED) is 0.590. The van der Waals surface area contributed by atoms with Crippen LogP contribution in [0.15, 0.2) is 53.6 Å². The summed E-state index contributed by atoms with van der Waals surface area (Å²) < 4.78 is 0. The average Bonchev–Trinajstić information content (AvgIpc) is 2.44. The Morgan fingerprint density at radius 1 is 0.864 bits per heavy atom. The van der Waals surface area contributed by atoms with Gasteiger partial charge in [-0.2, -0.15) is 0 Å². The molecule has 1 atom stereocenters. The van der Waals surface area contributed by atoms with Crippen LogP contribution in [0.4, 0.5) is 0 Å². The number of benzene rings is 1. The van der Waals surface area contributed by atoms with E-state index in [2.05, 4.69) is 84.0 Å². The lowest BCUT2D eigenvalue weighted by atomic mass is 9.68. The summed E-state index contributed by atoms with van der Waals surface area (Å²) in [5.41, 5.74) is 5.23. The summed E-state index contributed by atoms with van der Waals surface area (Å²) >= 11 is 0. The van der Waals surface area contributed by atoms with E-state index in [1.165, 1.54) is 24.8 Å². The van der Waals surface area contributed by atoms with Crippen molar-refractivity contribution in [2.24, 2.45) is 16.7 Å². The fourth-order valence-electron chi connectivity index (χ4n) is 3.43. The van der Waals surface area contributed by atoms with Gasteiger partial charge in [0.2, 0.25) is 0 Å². The molecule has 0 saturated heterocycles. The number of hydrogen-bond donors (Lipinski definition) is 0. The van der Waals surface area contributed by atoms with Crippen molar-refractivity contribution in [3.63, 3.8) is 0 Å². The minimum absolute atomic E-state index is 0.265. The van der Waals surface area contributed by atoms with Gasteiger partial charge in [-0.1, -0.05) is 95.2 Å². The third kappa shape index (κ3) is 4.35. The first-order valence-corrected chi connectivity index (χ1v) is 8.63. The maximum Gasteiger partial charge on any atom is -0.0154 e. The van der Waals surface area contributed by atoms with E-state index in [0.29, 0.717) is 5.92 Å². The smallest absolute Gasteiger partial charge is 0.0154 e. The molecule has 22 heavy (non-hydrogen) atoms. The predicted molar refractivity (Wildman–Crippen MR) is 97.9 cm³/mol. The molecule has 0 spiro atoms. The van der Waals surface area contributed by atoms with Crippen LogP contribution >= 0.6 is 0 Å². The van der Waals surface area contributed by atoms with Crippen LogP contribution in [0.2, 0.25) is 0 Å². The van der Waals surface area contributed by atoms with Crippen LogP contribution in [-0.4, -0.2) is 0 Å². The molecule has 0 fully saturated rings. The van der Waals surface area contributed by atoms with Crippen molar-refractivity contribution in [1.82, 2.24) is 0 Å². The van der Waals surface area contributed by atoms with Gasteiger partial charge in [-0.25, -0.2) is 0 Å². The minimum Gasteiger partial charge on any atom is -0.0642 e. The Morgan fingerprint density at radius 2 is 1.50 bits per heavy atom. The van der Waals surface area contributed by atoms with Gasteiger partial charge >= 0.3 is 0 Å². The highest BCUT2D eigenvalue weighted by molar-refractivity contribution is 5.32. The van der Waals surface area contributed by atoms with Gasteiger partial charge in [-0.05, 0) is 41.6 Å². The van der Waals surface area contributed by atoms with E-state index < -0.39 is 0 Å². The van der Waals surface area contributed by atoms with E-state index >= 15 is 0 Å². The second kappa shape index (κ2) is 6.44. The molecule has 1 aromatic rings. The molecule has 1 unspecified atom stereocenters. The van der Waals surface area contributed by atoms with Crippen LogP contribution < -0.4 is 0 Å².